The first-order valence-electron chi connectivity index (χ1n) is 6.86. The minimum atomic E-state index is -4.62. The van der Waals surface area contributed by atoms with Crippen LogP contribution in [-0.4, -0.2) is 18.1 Å². The third-order valence-electron chi connectivity index (χ3n) is 3.37. The predicted octanol–water partition coefficient (Wildman–Crippen LogP) is 3.79. The fourth-order valence-electron chi connectivity index (χ4n) is 2.27. The van der Waals surface area contributed by atoms with Crippen molar-refractivity contribution in [1.29, 1.82) is 0 Å². The van der Waals surface area contributed by atoms with Crippen LogP contribution in [0.5, 0.6) is 5.75 Å². The second kappa shape index (κ2) is 5.91. The van der Waals surface area contributed by atoms with E-state index in [4.69, 9.17) is 5.73 Å². The number of rotatable bonds is 3. The van der Waals surface area contributed by atoms with E-state index in [2.05, 4.69) is 10.2 Å². The molecule has 24 heavy (non-hydrogen) atoms. The number of nitrogens with zero attached hydrogens (tertiary/aromatic N) is 2. The van der Waals surface area contributed by atoms with Gasteiger partial charge in [0.2, 0.25) is 0 Å². The zero-order chi connectivity index (χ0) is 17.3. The van der Waals surface area contributed by atoms with E-state index in [0.717, 1.165) is 0 Å². The molecule has 0 saturated carbocycles. The van der Waals surface area contributed by atoms with E-state index in [1.54, 1.807) is 36.4 Å². The Labute approximate surface area is 137 Å². The number of phenols is 1. The summed E-state index contributed by atoms with van der Waals surface area (Å²) in [5, 5.41) is 18.8. The first-order valence-corrected chi connectivity index (χ1v) is 8.30. The summed E-state index contributed by atoms with van der Waals surface area (Å²) in [5.74, 6) is -0.403. The zero-order valence-electron chi connectivity index (χ0n) is 12.3. The van der Waals surface area contributed by atoms with E-state index in [-0.39, 0.29) is 5.69 Å². The van der Waals surface area contributed by atoms with Crippen LogP contribution < -0.4 is 5.73 Å². The summed E-state index contributed by atoms with van der Waals surface area (Å²) >= 11 is 0. The number of nitrogens with two attached hydrogens (primary N) is 1. The fourth-order valence-corrected chi connectivity index (χ4v) is 2.92. The molecule has 0 aliphatic carbocycles. The number of phenolic OH excluding ortho intramolecular Hbond substituents is 1. The maximum Gasteiger partial charge on any atom is 0.296 e. The lowest BCUT2D eigenvalue weighted by Crippen LogP contribution is -1.99. The topological polar surface area (TPSA) is 125 Å². The van der Waals surface area contributed by atoms with E-state index < -0.39 is 20.8 Å². The van der Waals surface area contributed by atoms with Gasteiger partial charge in [0.15, 0.2) is 5.75 Å². The summed E-state index contributed by atoms with van der Waals surface area (Å²) in [7, 11) is -4.62. The second-order valence-corrected chi connectivity index (χ2v) is 6.45. The average molecular weight is 343 g/mol. The lowest BCUT2D eigenvalue weighted by molar-refractivity contribution is 0.472. The lowest BCUT2D eigenvalue weighted by atomic mass is 10.1. The highest BCUT2D eigenvalue weighted by Crippen LogP contribution is 2.41. The Morgan fingerprint density at radius 1 is 0.958 bits per heavy atom. The number of benzene rings is 3. The number of anilines is 1. The molecule has 3 aromatic rings. The summed E-state index contributed by atoms with van der Waals surface area (Å²) in [6.45, 7) is 0. The molecule has 7 nitrogen and oxygen atoms in total. The smallest absolute Gasteiger partial charge is 0.296 e. The number of azo groups is 1. The van der Waals surface area contributed by atoms with Gasteiger partial charge in [0.25, 0.3) is 10.1 Å². The number of nitrogen functional groups attached to an aromatic ring is 1. The van der Waals surface area contributed by atoms with Crippen molar-refractivity contribution in [1.82, 2.24) is 0 Å². The SMILES string of the molecule is Nc1ccc2c(O)c(N=Nc3ccccc3)c(S(=O)(=O)O)cc2c1. The number of hydrogen-bond acceptors (Lipinski definition) is 6. The van der Waals surface area contributed by atoms with Crippen molar-refractivity contribution in [3.8, 4) is 5.75 Å². The van der Waals surface area contributed by atoms with E-state index >= 15 is 0 Å². The molecule has 0 heterocycles. The van der Waals surface area contributed by atoms with Gasteiger partial charge in [-0.2, -0.15) is 13.5 Å². The number of aromatic hydroxyl groups is 1. The zero-order valence-corrected chi connectivity index (χ0v) is 13.1. The molecular formula is C16H13N3O4S. The normalized spacial score (nSPS) is 12.0. The van der Waals surface area contributed by atoms with Crippen molar-refractivity contribution in [2.45, 2.75) is 4.90 Å². The maximum atomic E-state index is 11.7. The second-order valence-electron chi connectivity index (χ2n) is 5.06. The van der Waals surface area contributed by atoms with Gasteiger partial charge in [0, 0.05) is 11.1 Å². The highest BCUT2D eigenvalue weighted by atomic mass is 32.2. The molecule has 0 radical (unpaired) electrons. The largest absolute Gasteiger partial charge is 0.505 e. The molecule has 0 unspecified atom stereocenters. The van der Waals surface area contributed by atoms with Gasteiger partial charge in [0.1, 0.15) is 10.6 Å². The third kappa shape index (κ3) is 3.05. The molecule has 0 atom stereocenters. The van der Waals surface area contributed by atoms with E-state index in [0.29, 0.717) is 22.1 Å². The van der Waals surface area contributed by atoms with E-state index in [1.165, 1.54) is 18.2 Å². The average Bonchev–Trinajstić information content (AvgIpc) is 2.53. The molecular weight excluding hydrogens is 330 g/mol. The van der Waals surface area contributed by atoms with Crippen LogP contribution in [0.1, 0.15) is 0 Å². The van der Waals surface area contributed by atoms with Crippen LogP contribution in [-0.2, 0) is 10.1 Å². The van der Waals surface area contributed by atoms with Crippen LogP contribution in [0.25, 0.3) is 10.8 Å². The summed E-state index contributed by atoms with van der Waals surface area (Å²) in [5.41, 5.74) is 6.19. The van der Waals surface area contributed by atoms with E-state index in [1.807, 2.05) is 0 Å². The van der Waals surface area contributed by atoms with Gasteiger partial charge >= 0.3 is 0 Å². The monoisotopic (exact) mass is 343 g/mol. The Hall–Kier alpha value is -2.97. The van der Waals surface area contributed by atoms with Crippen LogP contribution in [0.4, 0.5) is 17.1 Å². The molecule has 3 rings (SSSR count). The van der Waals surface area contributed by atoms with Gasteiger partial charge in [-0.3, -0.25) is 4.55 Å². The van der Waals surface area contributed by atoms with Crippen molar-refractivity contribution in [2.24, 2.45) is 10.2 Å². The minimum Gasteiger partial charge on any atom is -0.505 e. The Morgan fingerprint density at radius 2 is 1.67 bits per heavy atom. The molecule has 0 fully saturated rings. The Balaban J connectivity index is 2.27. The molecule has 0 spiro atoms. The highest BCUT2D eigenvalue weighted by molar-refractivity contribution is 7.86. The standard InChI is InChI=1S/C16H13N3O4S/c17-11-6-7-13-10(8-11)9-14(24(21,22)23)15(16(13)20)19-18-12-4-2-1-3-5-12/h1-9,20H,17H2,(H,21,22,23). The molecule has 0 aromatic heterocycles. The summed E-state index contributed by atoms with van der Waals surface area (Å²) in [6, 6.07) is 14.4. The van der Waals surface area contributed by atoms with Gasteiger partial charge in [-0.25, -0.2) is 0 Å². The first-order chi connectivity index (χ1) is 11.4. The van der Waals surface area contributed by atoms with Gasteiger partial charge in [-0.15, -0.1) is 5.11 Å². The molecule has 0 saturated heterocycles. The molecule has 3 aromatic carbocycles. The molecule has 4 N–H and O–H groups in total. The van der Waals surface area contributed by atoms with Crippen LogP contribution in [0, 0.1) is 0 Å². The van der Waals surface area contributed by atoms with Gasteiger partial charge in [-0.05, 0) is 41.8 Å². The van der Waals surface area contributed by atoms with Crippen LogP contribution in [0.2, 0.25) is 0 Å². The number of fused-ring (bicyclic) bond motifs is 1. The summed E-state index contributed by atoms with van der Waals surface area (Å²) < 4.78 is 32.8. The summed E-state index contributed by atoms with van der Waals surface area (Å²) in [4.78, 5) is -0.544. The van der Waals surface area contributed by atoms with Crippen molar-refractivity contribution >= 4 is 38.0 Å². The van der Waals surface area contributed by atoms with Crippen LogP contribution >= 0.6 is 0 Å². The Morgan fingerprint density at radius 3 is 2.33 bits per heavy atom. The maximum absolute atomic E-state index is 11.7. The Bertz CT molecular complexity index is 1050. The molecule has 0 aliphatic heterocycles. The number of hydrogen-bond donors (Lipinski definition) is 3. The minimum absolute atomic E-state index is 0.335. The summed E-state index contributed by atoms with van der Waals surface area (Å²) in [6.07, 6.45) is 0. The Kier molecular flexibility index (Phi) is 3.92. The van der Waals surface area contributed by atoms with Crippen LogP contribution in [0.3, 0.4) is 0 Å². The van der Waals surface area contributed by atoms with Gasteiger partial charge < -0.3 is 10.8 Å². The fraction of sp³-hybridized carbons (Fsp3) is 0. The molecule has 0 aliphatic rings. The highest BCUT2D eigenvalue weighted by Gasteiger charge is 2.22. The van der Waals surface area contributed by atoms with Crippen molar-refractivity contribution < 1.29 is 18.1 Å². The molecule has 8 heteroatoms. The van der Waals surface area contributed by atoms with Gasteiger partial charge in [0.05, 0.1) is 5.69 Å². The lowest BCUT2D eigenvalue weighted by Gasteiger charge is -2.09. The predicted molar refractivity (Wildman–Crippen MR) is 90.5 cm³/mol. The van der Waals surface area contributed by atoms with E-state index in [9.17, 15) is 18.1 Å². The molecule has 0 amide bonds. The first kappa shape index (κ1) is 15.9. The molecule has 122 valence electrons. The van der Waals surface area contributed by atoms with Gasteiger partial charge in [-0.1, -0.05) is 18.2 Å². The van der Waals surface area contributed by atoms with Crippen molar-refractivity contribution in [3.05, 3.63) is 54.6 Å². The van der Waals surface area contributed by atoms with Crippen molar-refractivity contribution in [2.75, 3.05) is 5.73 Å². The van der Waals surface area contributed by atoms with Crippen LogP contribution in [0.15, 0.2) is 69.7 Å². The molecule has 0 bridgehead atoms. The third-order valence-corrected chi connectivity index (χ3v) is 4.24. The van der Waals surface area contributed by atoms with Crippen molar-refractivity contribution in [3.63, 3.8) is 0 Å². The quantitative estimate of drug-likeness (QED) is 0.379.